The van der Waals surface area contributed by atoms with E-state index in [0.29, 0.717) is 24.3 Å². The molecular weight excluding hydrogens is 366 g/mol. The molecule has 0 N–H and O–H groups in total. The number of hydrogen-bond acceptors (Lipinski definition) is 7. The molecule has 1 amide bonds. The summed E-state index contributed by atoms with van der Waals surface area (Å²) in [5.41, 5.74) is 0.800. The van der Waals surface area contributed by atoms with Gasteiger partial charge in [0.25, 0.3) is 5.22 Å². The number of rotatable bonds is 8. The third-order valence-electron chi connectivity index (χ3n) is 3.75. The highest BCUT2D eigenvalue weighted by atomic mass is 32.2. The van der Waals surface area contributed by atoms with Crippen LogP contribution in [0.4, 0.5) is 0 Å². The highest BCUT2D eigenvalue weighted by Crippen LogP contribution is 2.25. The fourth-order valence-corrected chi connectivity index (χ4v) is 3.07. The Morgan fingerprint density at radius 3 is 2.59 bits per heavy atom. The third-order valence-corrected chi connectivity index (χ3v) is 4.56. The van der Waals surface area contributed by atoms with Gasteiger partial charge in [-0.3, -0.25) is 4.79 Å². The van der Waals surface area contributed by atoms with Crippen LogP contribution in [0, 0.1) is 6.92 Å². The zero-order valence-electron chi connectivity index (χ0n) is 15.5. The number of benzene rings is 1. The summed E-state index contributed by atoms with van der Waals surface area (Å²) >= 11 is 1.21. The summed E-state index contributed by atoms with van der Waals surface area (Å²) in [6.07, 6.45) is 0. The molecule has 7 nitrogen and oxygen atoms in total. The molecule has 27 heavy (non-hydrogen) atoms. The van der Waals surface area contributed by atoms with Gasteiger partial charge in [0.15, 0.2) is 0 Å². The first-order valence-corrected chi connectivity index (χ1v) is 9.52. The van der Waals surface area contributed by atoms with Crippen molar-refractivity contribution in [3.05, 3.63) is 47.9 Å². The molecule has 0 aliphatic heterocycles. The lowest BCUT2D eigenvalue weighted by Crippen LogP contribution is -2.27. The first-order valence-electron chi connectivity index (χ1n) is 8.54. The minimum atomic E-state index is -0.0464. The molecular formula is C19H21N3O4S. The lowest BCUT2D eigenvalue weighted by Gasteiger charge is -2.14. The van der Waals surface area contributed by atoms with Gasteiger partial charge in [-0.05, 0) is 50.2 Å². The Morgan fingerprint density at radius 1 is 1.15 bits per heavy atom. The summed E-state index contributed by atoms with van der Waals surface area (Å²) in [7, 11) is 1.74. The Labute approximate surface area is 161 Å². The minimum absolute atomic E-state index is 0.0464. The molecule has 0 saturated heterocycles. The second-order valence-electron chi connectivity index (χ2n) is 5.88. The summed E-state index contributed by atoms with van der Waals surface area (Å²) < 4.78 is 16.5. The number of ether oxygens (including phenoxy) is 1. The second-order valence-corrected chi connectivity index (χ2v) is 6.81. The van der Waals surface area contributed by atoms with Gasteiger partial charge >= 0.3 is 0 Å². The molecule has 3 aromatic rings. The number of furan rings is 1. The normalized spacial score (nSPS) is 10.8. The molecule has 3 rings (SSSR count). The largest absolute Gasteiger partial charge is 0.494 e. The Balaban J connectivity index is 1.53. The molecule has 0 aliphatic rings. The number of aryl methyl sites for hydroxylation is 1. The van der Waals surface area contributed by atoms with Crippen molar-refractivity contribution in [1.29, 1.82) is 0 Å². The lowest BCUT2D eigenvalue weighted by atomic mass is 10.2. The Bertz CT molecular complexity index is 889. The van der Waals surface area contributed by atoms with Gasteiger partial charge in [-0.25, -0.2) is 0 Å². The number of hydrogen-bond donors (Lipinski definition) is 0. The lowest BCUT2D eigenvalue weighted by molar-refractivity contribution is -0.127. The van der Waals surface area contributed by atoms with Gasteiger partial charge in [-0.2, -0.15) is 0 Å². The molecule has 0 radical (unpaired) electrons. The van der Waals surface area contributed by atoms with Crippen molar-refractivity contribution in [2.45, 2.75) is 25.6 Å². The van der Waals surface area contributed by atoms with Crippen LogP contribution < -0.4 is 4.74 Å². The minimum Gasteiger partial charge on any atom is -0.494 e. The van der Waals surface area contributed by atoms with Crippen LogP contribution in [0.3, 0.4) is 0 Å². The van der Waals surface area contributed by atoms with Crippen molar-refractivity contribution >= 4 is 17.7 Å². The third kappa shape index (κ3) is 5.13. The zero-order valence-corrected chi connectivity index (χ0v) is 16.3. The van der Waals surface area contributed by atoms with Crippen LogP contribution in [0.2, 0.25) is 0 Å². The van der Waals surface area contributed by atoms with Crippen LogP contribution in [-0.2, 0) is 11.3 Å². The van der Waals surface area contributed by atoms with Crippen molar-refractivity contribution in [3.63, 3.8) is 0 Å². The number of carbonyl (C=O) groups excluding carboxylic acids is 1. The van der Waals surface area contributed by atoms with E-state index >= 15 is 0 Å². The van der Waals surface area contributed by atoms with E-state index < -0.39 is 0 Å². The van der Waals surface area contributed by atoms with E-state index in [-0.39, 0.29) is 11.7 Å². The van der Waals surface area contributed by atoms with E-state index in [4.69, 9.17) is 13.6 Å². The summed E-state index contributed by atoms with van der Waals surface area (Å²) in [6, 6.07) is 11.2. The molecule has 142 valence electrons. The van der Waals surface area contributed by atoms with Gasteiger partial charge in [0.2, 0.25) is 11.8 Å². The highest BCUT2D eigenvalue weighted by molar-refractivity contribution is 7.99. The van der Waals surface area contributed by atoms with Crippen LogP contribution >= 0.6 is 11.8 Å². The molecule has 0 saturated carbocycles. The van der Waals surface area contributed by atoms with Gasteiger partial charge in [0.05, 0.1) is 18.9 Å². The van der Waals surface area contributed by atoms with Crippen molar-refractivity contribution in [2.24, 2.45) is 0 Å². The van der Waals surface area contributed by atoms with E-state index in [1.54, 1.807) is 11.9 Å². The van der Waals surface area contributed by atoms with Crippen LogP contribution in [-0.4, -0.2) is 40.4 Å². The topological polar surface area (TPSA) is 81.6 Å². The summed E-state index contributed by atoms with van der Waals surface area (Å²) in [5.74, 6) is 2.94. The van der Waals surface area contributed by atoms with Crippen molar-refractivity contribution < 1.29 is 18.4 Å². The summed E-state index contributed by atoms with van der Waals surface area (Å²) in [6.45, 7) is 4.85. The van der Waals surface area contributed by atoms with Crippen molar-refractivity contribution in [2.75, 3.05) is 19.4 Å². The molecule has 8 heteroatoms. The molecule has 0 unspecified atom stereocenters. The first-order chi connectivity index (χ1) is 13.0. The Kier molecular flexibility index (Phi) is 6.18. The number of thioether (sulfide) groups is 1. The highest BCUT2D eigenvalue weighted by Gasteiger charge is 2.15. The molecule has 1 aromatic carbocycles. The molecule has 2 aromatic heterocycles. The quantitative estimate of drug-likeness (QED) is 0.544. The van der Waals surface area contributed by atoms with Crippen LogP contribution in [0.5, 0.6) is 5.75 Å². The van der Waals surface area contributed by atoms with E-state index in [0.717, 1.165) is 22.8 Å². The van der Waals surface area contributed by atoms with Crippen LogP contribution in [0.25, 0.3) is 11.5 Å². The van der Waals surface area contributed by atoms with E-state index in [1.807, 2.05) is 50.2 Å². The maximum absolute atomic E-state index is 12.3. The van der Waals surface area contributed by atoms with Gasteiger partial charge in [-0.1, -0.05) is 11.8 Å². The van der Waals surface area contributed by atoms with Crippen molar-refractivity contribution in [1.82, 2.24) is 15.1 Å². The predicted molar refractivity (Wildman–Crippen MR) is 102 cm³/mol. The standard InChI is InChI=1S/C19H21N3O4S/c1-4-24-15-9-6-14(7-10-15)18-20-21-19(26-18)27-12-17(23)22(3)11-16-8-5-13(2)25-16/h5-10H,4,11-12H2,1-3H3. The van der Waals surface area contributed by atoms with Gasteiger partial charge in [0, 0.05) is 12.6 Å². The first kappa shape index (κ1) is 19.0. The average molecular weight is 387 g/mol. The van der Waals surface area contributed by atoms with Gasteiger partial charge < -0.3 is 18.5 Å². The monoisotopic (exact) mass is 387 g/mol. The molecule has 0 bridgehead atoms. The molecule has 0 aliphatic carbocycles. The van der Waals surface area contributed by atoms with E-state index in [9.17, 15) is 4.79 Å². The number of aromatic nitrogens is 2. The zero-order chi connectivity index (χ0) is 19.2. The molecule has 0 atom stereocenters. The van der Waals surface area contributed by atoms with Gasteiger partial charge in [0.1, 0.15) is 17.3 Å². The number of nitrogens with zero attached hydrogens (tertiary/aromatic N) is 3. The Morgan fingerprint density at radius 2 is 1.93 bits per heavy atom. The summed E-state index contributed by atoms with van der Waals surface area (Å²) in [4.78, 5) is 13.9. The molecule has 0 spiro atoms. The fraction of sp³-hybridized carbons (Fsp3) is 0.316. The van der Waals surface area contributed by atoms with Crippen LogP contribution in [0.1, 0.15) is 18.4 Å². The fourth-order valence-electron chi connectivity index (χ4n) is 2.37. The van der Waals surface area contributed by atoms with Crippen molar-refractivity contribution in [3.8, 4) is 17.2 Å². The maximum atomic E-state index is 12.3. The van der Waals surface area contributed by atoms with E-state index in [2.05, 4.69) is 10.2 Å². The van der Waals surface area contributed by atoms with Gasteiger partial charge in [-0.15, -0.1) is 10.2 Å². The predicted octanol–water partition coefficient (Wildman–Crippen LogP) is 3.79. The maximum Gasteiger partial charge on any atom is 0.277 e. The SMILES string of the molecule is CCOc1ccc(-c2nnc(SCC(=O)N(C)Cc3ccc(C)o3)o2)cc1. The molecule has 0 fully saturated rings. The number of amides is 1. The van der Waals surface area contributed by atoms with E-state index in [1.165, 1.54) is 11.8 Å². The second kappa shape index (κ2) is 8.77. The average Bonchev–Trinajstić information content (AvgIpc) is 3.29. The number of carbonyl (C=O) groups is 1. The van der Waals surface area contributed by atoms with Crippen LogP contribution in [0.15, 0.2) is 50.5 Å². The smallest absolute Gasteiger partial charge is 0.277 e. The molecule has 2 heterocycles. The summed E-state index contributed by atoms with van der Waals surface area (Å²) in [5, 5.41) is 8.39. The Hall–Kier alpha value is -2.74.